The number of hydrazone groups is 1. The van der Waals surface area contributed by atoms with Crippen molar-refractivity contribution < 1.29 is 9.53 Å². The Labute approximate surface area is 156 Å². The van der Waals surface area contributed by atoms with Gasteiger partial charge in [0.2, 0.25) is 0 Å². The third-order valence-corrected chi connectivity index (χ3v) is 4.13. The molecule has 2 rings (SSSR count). The van der Waals surface area contributed by atoms with Crippen LogP contribution in [0.25, 0.3) is 0 Å². The summed E-state index contributed by atoms with van der Waals surface area (Å²) in [6.07, 6.45) is 4.20. The lowest BCUT2D eigenvalue weighted by atomic mass is 10.0. The highest BCUT2D eigenvalue weighted by Crippen LogP contribution is 2.18. The lowest BCUT2D eigenvalue weighted by Crippen LogP contribution is -2.26. The molecule has 26 heavy (non-hydrogen) atoms. The highest BCUT2D eigenvalue weighted by Gasteiger charge is 2.07. The van der Waals surface area contributed by atoms with Crippen molar-refractivity contribution in [3.63, 3.8) is 0 Å². The predicted octanol–water partition coefficient (Wildman–Crippen LogP) is 4.78. The number of unbranched alkanes of at least 4 members (excludes halogenated alkanes) is 2. The number of hydrogen-bond acceptors (Lipinski definition) is 3. The van der Waals surface area contributed by atoms with Crippen molar-refractivity contribution in [2.45, 2.75) is 46.5 Å². The average Bonchev–Trinajstić information content (AvgIpc) is 2.64. The molecule has 0 aliphatic carbocycles. The Balaban J connectivity index is 1.95. The van der Waals surface area contributed by atoms with Crippen molar-refractivity contribution in [2.75, 3.05) is 6.61 Å². The van der Waals surface area contributed by atoms with E-state index in [0.29, 0.717) is 0 Å². The van der Waals surface area contributed by atoms with Gasteiger partial charge in [0.1, 0.15) is 5.75 Å². The number of ether oxygens (including phenoxy) is 1. The van der Waals surface area contributed by atoms with Gasteiger partial charge in [-0.15, -0.1) is 0 Å². The van der Waals surface area contributed by atoms with Gasteiger partial charge in [-0.1, -0.05) is 67.8 Å². The second-order valence-corrected chi connectivity index (χ2v) is 6.47. The summed E-state index contributed by atoms with van der Waals surface area (Å²) in [5.41, 5.74) is 6.77. The van der Waals surface area contributed by atoms with Gasteiger partial charge in [-0.3, -0.25) is 4.79 Å². The van der Waals surface area contributed by atoms with Crippen LogP contribution in [0.2, 0.25) is 0 Å². The number of amides is 1. The predicted molar refractivity (Wildman–Crippen MR) is 107 cm³/mol. The summed E-state index contributed by atoms with van der Waals surface area (Å²) in [6, 6.07) is 15.9. The van der Waals surface area contributed by atoms with Crippen molar-refractivity contribution in [3.8, 4) is 5.75 Å². The van der Waals surface area contributed by atoms with Crippen LogP contribution in [0, 0.1) is 13.8 Å². The van der Waals surface area contributed by atoms with Crippen LogP contribution in [0.1, 0.15) is 49.3 Å². The Kier molecular flexibility index (Phi) is 7.87. The molecule has 4 nitrogen and oxygen atoms in total. The molecule has 1 amide bonds. The molecule has 0 radical (unpaired) electrons. The van der Waals surface area contributed by atoms with Crippen molar-refractivity contribution in [3.05, 3.63) is 65.2 Å². The minimum Gasteiger partial charge on any atom is -0.483 e. The van der Waals surface area contributed by atoms with Crippen LogP contribution in [0.4, 0.5) is 0 Å². The van der Waals surface area contributed by atoms with E-state index < -0.39 is 0 Å². The summed E-state index contributed by atoms with van der Waals surface area (Å²) < 4.78 is 5.61. The second-order valence-electron chi connectivity index (χ2n) is 6.47. The van der Waals surface area contributed by atoms with Gasteiger partial charge in [-0.05, 0) is 43.9 Å². The molecule has 0 aromatic heterocycles. The number of benzene rings is 2. The highest BCUT2D eigenvalue weighted by atomic mass is 16.5. The summed E-state index contributed by atoms with van der Waals surface area (Å²) in [5.74, 6) is 0.467. The zero-order valence-corrected chi connectivity index (χ0v) is 15.9. The molecule has 4 heteroatoms. The van der Waals surface area contributed by atoms with Crippen molar-refractivity contribution in [1.82, 2.24) is 5.43 Å². The Morgan fingerprint density at radius 1 is 1.08 bits per heavy atom. The van der Waals surface area contributed by atoms with Gasteiger partial charge in [0.05, 0.1) is 5.71 Å². The number of aryl methyl sites for hydroxylation is 2. The molecule has 2 aromatic rings. The van der Waals surface area contributed by atoms with Crippen LogP contribution in [0.3, 0.4) is 0 Å². The first-order valence-corrected chi connectivity index (χ1v) is 9.21. The van der Waals surface area contributed by atoms with Crippen LogP contribution < -0.4 is 10.2 Å². The van der Waals surface area contributed by atoms with E-state index in [2.05, 4.69) is 17.5 Å². The third-order valence-electron chi connectivity index (χ3n) is 4.13. The molecule has 0 bridgehead atoms. The Hall–Kier alpha value is -2.62. The lowest BCUT2D eigenvalue weighted by molar-refractivity contribution is -0.123. The molecule has 2 aromatic carbocycles. The summed E-state index contributed by atoms with van der Waals surface area (Å²) in [4.78, 5) is 12.1. The van der Waals surface area contributed by atoms with Gasteiger partial charge in [0, 0.05) is 0 Å². The maximum absolute atomic E-state index is 12.1. The van der Waals surface area contributed by atoms with Crippen LogP contribution in [-0.2, 0) is 4.79 Å². The molecule has 0 saturated carbocycles. The van der Waals surface area contributed by atoms with E-state index in [1.807, 2.05) is 62.4 Å². The summed E-state index contributed by atoms with van der Waals surface area (Å²) in [7, 11) is 0. The van der Waals surface area contributed by atoms with E-state index >= 15 is 0 Å². The molecule has 1 N–H and O–H groups in total. The monoisotopic (exact) mass is 352 g/mol. The first-order chi connectivity index (χ1) is 12.6. The second kappa shape index (κ2) is 10.4. The number of hydrogen-bond donors (Lipinski definition) is 1. The number of rotatable bonds is 9. The third kappa shape index (κ3) is 6.36. The molecule has 0 heterocycles. The minimum absolute atomic E-state index is 0.0512. The molecule has 0 unspecified atom stereocenters. The van der Waals surface area contributed by atoms with E-state index in [9.17, 15) is 4.79 Å². The maximum atomic E-state index is 12.1. The topological polar surface area (TPSA) is 50.7 Å². The largest absolute Gasteiger partial charge is 0.483 e. The fraction of sp³-hybridized carbons (Fsp3) is 0.364. The maximum Gasteiger partial charge on any atom is 0.277 e. The van der Waals surface area contributed by atoms with Crippen molar-refractivity contribution in [2.24, 2.45) is 5.10 Å². The van der Waals surface area contributed by atoms with Crippen molar-refractivity contribution >= 4 is 11.6 Å². The first kappa shape index (κ1) is 19.7. The minimum atomic E-state index is -0.256. The number of nitrogens with zero attached hydrogens (tertiary/aromatic N) is 1. The van der Waals surface area contributed by atoms with Crippen LogP contribution in [0.15, 0.2) is 53.6 Å². The van der Waals surface area contributed by atoms with Gasteiger partial charge >= 0.3 is 0 Å². The van der Waals surface area contributed by atoms with E-state index in [1.165, 1.54) is 5.56 Å². The van der Waals surface area contributed by atoms with E-state index in [-0.39, 0.29) is 12.5 Å². The zero-order chi connectivity index (χ0) is 18.8. The normalized spacial score (nSPS) is 11.3. The molecule has 0 spiro atoms. The number of nitrogens with one attached hydrogen (secondary N) is 1. The fourth-order valence-electron chi connectivity index (χ4n) is 2.70. The van der Waals surface area contributed by atoms with Crippen LogP contribution >= 0.6 is 0 Å². The standard InChI is InChI=1S/C22H28N2O2/c1-4-5-7-12-20(19-10-8-6-9-11-19)23-24-22(25)16-26-21-14-13-17(2)15-18(21)3/h6,8-11,13-15H,4-5,7,12,16H2,1-3H3,(H,24,25)/b23-20+. The quantitative estimate of drug-likeness (QED) is 0.401. The summed E-state index contributed by atoms with van der Waals surface area (Å²) >= 11 is 0. The fourth-order valence-corrected chi connectivity index (χ4v) is 2.70. The molecule has 0 saturated heterocycles. The zero-order valence-electron chi connectivity index (χ0n) is 15.9. The summed E-state index contributed by atoms with van der Waals surface area (Å²) in [5, 5.41) is 4.35. The highest BCUT2D eigenvalue weighted by molar-refractivity contribution is 6.01. The van der Waals surface area contributed by atoms with Crippen LogP contribution in [0.5, 0.6) is 5.75 Å². The van der Waals surface area contributed by atoms with E-state index in [4.69, 9.17) is 4.74 Å². The van der Waals surface area contributed by atoms with Gasteiger partial charge in [-0.25, -0.2) is 5.43 Å². The van der Waals surface area contributed by atoms with Gasteiger partial charge in [0.25, 0.3) is 5.91 Å². The Bertz CT molecular complexity index is 739. The molecule has 0 aliphatic heterocycles. The molecule has 0 aliphatic rings. The Morgan fingerprint density at radius 3 is 2.54 bits per heavy atom. The van der Waals surface area contributed by atoms with Gasteiger partial charge in [-0.2, -0.15) is 5.10 Å². The number of carbonyl (C=O) groups is 1. The van der Waals surface area contributed by atoms with Crippen LogP contribution in [-0.4, -0.2) is 18.2 Å². The van der Waals surface area contributed by atoms with E-state index in [0.717, 1.165) is 48.3 Å². The molecule has 138 valence electrons. The van der Waals surface area contributed by atoms with Gasteiger partial charge < -0.3 is 4.74 Å². The first-order valence-electron chi connectivity index (χ1n) is 9.21. The molecular weight excluding hydrogens is 324 g/mol. The van der Waals surface area contributed by atoms with E-state index in [1.54, 1.807) is 0 Å². The lowest BCUT2D eigenvalue weighted by Gasteiger charge is -2.10. The summed E-state index contributed by atoms with van der Waals surface area (Å²) in [6.45, 7) is 6.12. The smallest absolute Gasteiger partial charge is 0.277 e. The number of carbonyl (C=O) groups excluding carboxylic acids is 1. The van der Waals surface area contributed by atoms with Gasteiger partial charge in [0.15, 0.2) is 6.61 Å². The molecule has 0 atom stereocenters. The average molecular weight is 352 g/mol. The van der Waals surface area contributed by atoms with Crippen molar-refractivity contribution in [1.29, 1.82) is 0 Å². The molecular formula is C22H28N2O2. The molecule has 0 fully saturated rings. The SMILES string of the molecule is CCCCC/C(=N\NC(=O)COc1ccc(C)cc1C)c1ccccc1. The Morgan fingerprint density at radius 2 is 1.85 bits per heavy atom.